The van der Waals surface area contributed by atoms with Crippen molar-refractivity contribution < 1.29 is 0 Å². The van der Waals surface area contributed by atoms with Crippen LogP contribution in [0.5, 0.6) is 0 Å². The third-order valence-corrected chi connectivity index (χ3v) is 1.67. The average Bonchev–Trinajstić information content (AvgIpc) is 2.54. The second-order valence-corrected chi connectivity index (χ2v) is 3.00. The summed E-state index contributed by atoms with van der Waals surface area (Å²) < 4.78 is 2.48. The minimum atomic E-state index is 0.541. The van der Waals surface area contributed by atoms with Crippen LogP contribution in [0.25, 0.3) is 0 Å². The summed E-state index contributed by atoms with van der Waals surface area (Å²) >= 11 is 3.28. The van der Waals surface area contributed by atoms with Gasteiger partial charge in [-0.2, -0.15) is 15.1 Å². The second-order valence-electron chi connectivity index (χ2n) is 2.09. The van der Waals surface area contributed by atoms with Crippen molar-refractivity contribution >= 4 is 28.1 Å². The molecule has 0 aromatic carbocycles. The van der Waals surface area contributed by atoms with E-state index in [0.29, 0.717) is 5.96 Å². The lowest BCUT2D eigenvalue weighted by molar-refractivity contribution is 0.919. The van der Waals surface area contributed by atoms with Crippen molar-refractivity contribution in [2.75, 3.05) is 0 Å². The summed E-state index contributed by atoms with van der Waals surface area (Å²) in [6.45, 7) is 0. The summed E-state index contributed by atoms with van der Waals surface area (Å²) in [5, 5.41) is 4.02. The average molecular weight is 224 g/mol. The molecule has 1 aromatic heterocycles. The quantitative estimate of drug-likeness (QED) is 0.611. The van der Waals surface area contributed by atoms with Crippen LogP contribution in [0.2, 0.25) is 0 Å². The van der Waals surface area contributed by atoms with Crippen LogP contribution in [0.15, 0.2) is 33.1 Å². The number of hydrogen-bond acceptors (Lipinski definition) is 3. The van der Waals surface area contributed by atoms with Gasteiger partial charge in [-0.15, -0.1) is 0 Å². The molecule has 2 rings (SSSR count). The van der Waals surface area contributed by atoms with Crippen LogP contribution in [0.3, 0.4) is 0 Å². The van der Waals surface area contributed by atoms with Gasteiger partial charge in [0.15, 0.2) is 0 Å². The molecule has 0 fully saturated rings. The van der Waals surface area contributed by atoms with Crippen LogP contribution >= 0.6 is 15.9 Å². The Bertz CT molecular complexity index is 375. The topological polar surface area (TPSA) is 42.5 Å². The fourth-order valence-electron chi connectivity index (χ4n) is 0.785. The first-order chi connectivity index (χ1) is 5.86. The third-order valence-electron chi connectivity index (χ3n) is 1.27. The number of halogens is 1. The molecule has 0 atom stereocenters. The van der Waals surface area contributed by atoms with E-state index in [0.717, 1.165) is 4.47 Å². The van der Waals surface area contributed by atoms with Gasteiger partial charge >= 0.3 is 6.08 Å². The Labute approximate surface area is 77.5 Å². The second kappa shape index (κ2) is 2.97. The van der Waals surface area contributed by atoms with E-state index in [4.69, 9.17) is 0 Å². The third kappa shape index (κ3) is 1.32. The lowest BCUT2D eigenvalue weighted by Crippen LogP contribution is -2.10. The Morgan fingerprint density at radius 2 is 2.42 bits per heavy atom. The lowest BCUT2D eigenvalue weighted by Gasteiger charge is -1.95. The van der Waals surface area contributed by atoms with Gasteiger partial charge in [-0.1, -0.05) is 0 Å². The van der Waals surface area contributed by atoms with E-state index >= 15 is 0 Å². The van der Waals surface area contributed by atoms with Gasteiger partial charge < -0.3 is 0 Å². The fourth-order valence-corrected chi connectivity index (χ4v) is 1.07. The summed E-state index contributed by atoms with van der Waals surface area (Å²) in [4.78, 5) is 7.95. The van der Waals surface area contributed by atoms with E-state index in [1.165, 1.54) is 0 Å². The van der Waals surface area contributed by atoms with Crippen molar-refractivity contribution in [2.45, 2.75) is 0 Å². The maximum absolute atomic E-state index is 4.02. The molecule has 0 saturated carbocycles. The van der Waals surface area contributed by atoms with Crippen molar-refractivity contribution in [1.82, 2.24) is 9.78 Å². The molecule has 5 heteroatoms. The Kier molecular flexibility index (Phi) is 1.81. The zero-order valence-electron chi connectivity index (χ0n) is 5.98. The van der Waals surface area contributed by atoms with Gasteiger partial charge in [0.2, 0.25) is 0 Å². The van der Waals surface area contributed by atoms with Crippen molar-refractivity contribution in [3.8, 4) is 0 Å². The molecule has 0 N–H and O–H groups in total. The summed E-state index contributed by atoms with van der Waals surface area (Å²) in [6, 6.07) is 0. The maximum Gasteiger partial charge on any atom is 0.302 e. The molecule has 0 amide bonds. The molecule has 1 aromatic rings. The predicted octanol–water partition coefficient (Wildman–Crippen LogP) is 1.25. The highest BCUT2D eigenvalue weighted by Gasteiger charge is 2.06. The number of allylic oxidation sites excluding steroid dienone is 1. The molecule has 1 aliphatic rings. The minimum Gasteiger partial charge on any atom is -0.205 e. The van der Waals surface area contributed by atoms with Gasteiger partial charge in [-0.05, 0) is 15.9 Å². The first-order valence-corrected chi connectivity index (χ1v) is 4.04. The molecule has 0 unspecified atom stereocenters. The van der Waals surface area contributed by atoms with Crippen molar-refractivity contribution in [3.63, 3.8) is 0 Å². The van der Waals surface area contributed by atoms with E-state index in [2.05, 4.69) is 37.1 Å². The van der Waals surface area contributed by atoms with Crippen LogP contribution in [-0.2, 0) is 0 Å². The monoisotopic (exact) mass is 223 g/mol. The number of aromatic nitrogens is 2. The van der Waals surface area contributed by atoms with E-state index < -0.39 is 0 Å². The van der Waals surface area contributed by atoms with Gasteiger partial charge in [-0.3, -0.25) is 0 Å². The Balaban J connectivity index is 2.37. The van der Waals surface area contributed by atoms with Crippen LogP contribution in [-0.4, -0.2) is 22.0 Å². The highest BCUT2D eigenvalue weighted by Crippen LogP contribution is 2.06. The molecule has 0 saturated heterocycles. The molecule has 58 valence electrons. The smallest absolute Gasteiger partial charge is 0.205 e. The number of rotatable bonds is 0. The number of nitrogens with zero attached hydrogens (tertiary/aromatic N) is 4. The first-order valence-electron chi connectivity index (χ1n) is 3.25. The van der Waals surface area contributed by atoms with Crippen molar-refractivity contribution in [2.24, 2.45) is 9.98 Å². The van der Waals surface area contributed by atoms with Gasteiger partial charge in [-0.25, -0.2) is 4.68 Å². The molecule has 0 spiro atoms. The molecular formula is C7H4BrN4+. The van der Waals surface area contributed by atoms with Gasteiger partial charge in [0, 0.05) is 6.20 Å². The normalized spacial score (nSPS) is 14.2. The molecule has 1 aliphatic heterocycles. The summed E-state index contributed by atoms with van der Waals surface area (Å²) in [7, 11) is 0. The molecular weight excluding hydrogens is 220 g/mol. The van der Waals surface area contributed by atoms with Gasteiger partial charge in [0.1, 0.15) is 0 Å². The van der Waals surface area contributed by atoms with Crippen LogP contribution in [0, 0.1) is 6.08 Å². The van der Waals surface area contributed by atoms with E-state index in [9.17, 15) is 0 Å². The highest BCUT2D eigenvalue weighted by atomic mass is 79.9. The Morgan fingerprint density at radius 1 is 1.50 bits per heavy atom. The fraction of sp³-hybridized carbons (Fsp3) is 0. The van der Waals surface area contributed by atoms with E-state index in [-0.39, 0.29) is 0 Å². The van der Waals surface area contributed by atoms with Crippen LogP contribution in [0.1, 0.15) is 0 Å². The highest BCUT2D eigenvalue weighted by molar-refractivity contribution is 9.10. The molecule has 12 heavy (non-hydrogen) atoms. The van der Waals surface area contributed by atoms with E-state index in [1.54, 1.807) is 29.5 Å². The van der Waals surface area contributed by atoms with Crippen LogP contribution < -0.4 is 0 Å². The SMILES string of the molecule is Brc1cnn(C2=NC=[C+]C=N2)c1. The van der Waals surface area contributed by atoms with Crippen LogP contribution in [0.4, 0.5) is 0 Å². The molecule has 0 bridgehead atoms. The Morgan fingerprint density at radius 3 is 3.00 bits per heavy atom. The zero-order valence-corrected chi connectivity index (χ0v) is 7.56. The number of hydrogen-bond donors (Lipinski definition) is 0. The van der Waals surface area contributed by atoms with Crippen molar-refractivity contribution in [1.29, 1.82) is 0 Å². The largest absolute Gasteiger partial charge is 0.302 e. The van der Waals surface area contributed by atoms with Crippen molar-refractivity contribution in [3.05, 3.63) is 29.1 Å². The predicted molar refractivity (Wildman–Crippen MR) is 49.1 cm³/mol. The summed E-state index contributed by atoms with van der Waals surface area (Å²) in [6.07, 6.45) is 9.31. The molecule has 2 heterocycles. The van der Waals surface area contributed by atoms with E-state index in [1.807, 2.05) is 0 Å². The van der Waals surface area contributed by atoms with Gasteiger partial charge in [0.25, 0.3) is 18.4 Å². The standard InChI is InChI=1S/C7H4BrN4/c8-6-4-11-12(5-6)7-9-2-1-3-10-7/h2-5H/q+1. The minimum absolute atomic E-state index is 0.541. The molecule has 0 aliphatic carbocycles. The molecule has 0 radical (unpaired) electrons. The lowest BCUT2D eigenvalue weighted by atomic mass is 10.6. The first kappa shape index (κ1) is 7.34. The zero-order chi connectivity index (χ0) is 8.39. The van der Waals surface area contributed by atoms with Gasteiger partial charge in [0.05, 0.1) is 10.7 Å². The summed E-state index contributed by atoms with van der Waals surface area (Å²) in [5.41, 5.74) is 0. The number of aliphatic imine (C=N–C) groups is 2. The summed E-state index contributed by atoms with van der Waals surface area (Å²) in [5.74, 6) is 0.541. The molecule has 4 nitrogen and oxygen atoms in total. The Hall–Kier alpha value is -1.32. The maximum atomic E-state index is 4.02.